The Hall–Kier alpha value is -0.740. The van der Waals surface area contributed by atoms with Crippen LogP contribution in [0.25, 0.3) is 0 Å². The fourth-order valence-corrected chi connectivity index (χ4v) is 0.573. The van der Waals surface area contributed by atoms with Gasteiger partial charge in [-0.25, -0.2) is 0 Å². The minimum atomic E-state index is 0.167. The van der Waals surface area contributed by atoms with Gasteiger partial charge in [-0.15, -0.1) is 12.5 Å². The molecule has 0 aromatic heterocycles. The van der Waals surface area contributed by atoms with Crippen molar-refractivity contribution >= 4 is 0 Å². The van der Waals surface area contributed by atoms with E-state index in [0.717, 1.165) is 6.42 Å². The Morgan fingerprint density at radius 2 is 2.40 bits per heavy atom. The van der Waals surface area contributed by atoms with Crippen LogP contribution in [-0.2, 0) is 4.74 Å². The molecule has 56 valence electrons. The van der Waals surface area contributed by atoms with Crippen molar-refractivity contribution in [3.8, 4) is 11.8 Å². The number of hydrogen-bond acceptors (Lipinski definition) is 1. The first-order valence-electron chi connectivity index (χ1n) is 3.48. The van der Waals surface area contributed by atoms with Crippen molar-refractivity contribution in [1.82, 2.24) is 0 Å². The highest BCUT2D eigenvalue weighted by atomic mass is 16.5. The average Bonchev–Trinajstić information content (AvgIpc) is 1.99. The summed E-state index contributed by atoms with van der Waals surface area (Å²) in [6.07, 6.45) is 2.94. The van der Waals surface area contributed by atoms with Gasteiger partial charge in [0, 0.05) is 0 Å². The maximum atomic E-state index is 5.29. The van der Waals surface area contributed by atoms with Crippen molar-refractivity contribution in [2.75, 3.05) is 6.61 Å². The Labute approximate surface area is 63.1 Å². The number of rotatable bonds is 4. The molecule has 0 aromatic carbocycles. The fraction of sp³-hybridized carbons (Fsp3) is 0.556. The second-order valence-electron chi connectivity index (χ2n) is 1.92. The largest absolute Gasteiger partial charge is 0.362 e. The Bertz CT molecular complexity index is 139. The van der Waals surface area contributed by atoms with Crippen LogP contribution >= 0.6 is 0 Å². The van der Waals surface area contributed by atoms with Crippen LogP contribution in [0.2, 0.25) is 0 Å². The van der Waals surface area contributed by atoms with Crippen LogP contribution in [0.15, 0.2) is 12.7 Å². The van der Waals surface area contributed by atoms with Crippen LogP contribution in [0.5, 0.6) is 0 Å². The van der Waals surface area contributed by atoms with Crippen molar-refractivity contribution < 1.29 is 4.74 Å². The molecule has 0 saturated heterocycles. The van der Waals surface area contributed by atoms with Crippen LogP contribution in [0.1, 0.15) is 20.3 Å². The molecule has 1 heteroatoms. The lowest BCUT2D eigenvalue weighted by Gasteiger charge is -2.07. The highest BCUT2D eigenvalue weighted by Crippen LogP contribution is 1.96. The zero-order chi connectivity index (χ0) is 7.82. The summed E-state index contributed by atoms with van der Waals surface area (Å²) in [4.78, 5) is 0. The monoisotopic (exact) mass is 138 g/mol. The third-order valence-corrected chi connectivity index (χ3v) is 1.21. The predicted octanol–water partition coefficient (Wildman–Crippen LogP) is 1.99. The van der Waals surface area contributed by atoms with Crippen molar-refractivity contribution in [2.24, 2.45) is 0 Å². The van der Waals surface area contributed by atoms with E-state index in [1.807, 2.05) is 0 Å². The number of hydrogen-bond donors (Lipinski definition) is 0. The third kappa shape index (κ3) is 4.17. The van der Waals surface area contributed by atoms with Gasteiger partial charge in [0.15, 0.2) is 0 Å². The quantitative estimate of drug-likeness (QED) is 0.426. The Morgan fingerprint density at radius 3 is 2.80 bits per heavy atom. The highest BCUT2D eigenvalue weighted by Gasteiger charge is 1.96. The molecule has 1 atom stereocenters. The first-order valence-corrected chi connectivity index (χ1v) is 3.48. The molecule has 10 heavy (non-hydrogen) atoms. The lowest BCUT2D eigenvalue weighted by molar-refractivity contribution is 0.111. The van der Waals surface area contributed by atoms with E-state index in [9.17, 15) is 0 Å². The predicted molar refractivity (Wildman–Crippen MR) is 43.7 cm³/mol. The lowest BCUT2D eigenvalue weighted by Crippen LogP contribution is -2.07. The van der Waals surface area contributed by atoms with Crippen molar-refractivity contribution in [3.05, 3.63) is 12.7 Å². The minimum Gasteiger partial charge on any atom is -0.362 e. The highest BCUT2D eigenvalue weighted by molar-refractivity contribution is 4.95. The SMILES string of the molecule is C=C[C@H](CC)OCC#CC. The van der Waals surface area contributed by atoms with Gasteiger partial charge in [0.1, 0.15) is 6.61 Å². The van der Waals surface area contributed by atoms with Crippen LogP contribution in [0.4, 0.5) is 0 Å². The van der Waals surface area contributed by atoms with E-state index in [4.69, 9.17) is 4.74 Å². The van der Waals surface area contributed by atoms with E-state index >= 15 is 0 Å². The first kappa shape index (κ1) is 9.26. The first-order chi connectivity index (χ1) is 4.85. The molecular formula is C9H14O. The zero-order valence-electron chi connectivity index (χ0n) is 6.68. The smallest absolute Gasteiger partial charge is 0.108 e. The molecule has 0 aliphatic heterocycles. The van der Waals surface area contributed by atoms with Gasteiger partial charge in [-0.3, -0.25) is 0 Å². The van der Waals surface area contributed by atoms with Gasteiger partial charge >= 0.3 is 0 Å². The summed E-state index contributed by atoms with van der Waals surface area (Å²) in [5.74, 6) is 5.59. The van der Waals surface area contributed by atoms with Gasteiger partial charge in [0.05, 0.1) is 6.10 Å². The molecule has 0 bridgehead atoms. The Kier molecular flexibility index (Phi) is 5.91. The van der Waals surface area contributed by atoms with Crippen molar-refractivity contribution in [2.45, 2.75) is 26.4 Å². The maximum Gasteiger partial charge on any atom is 0.108 e. The minimum absolute atomic E-state index is 0.167. The third-order valence-electron chi connectivity index (χ3n) is 1.21. The summed E-state index contributed by atoms with van der Waals surface area (Å²) in [6.45, 7) is 8.02. The van der Waals surface area contributed by atoms with E-state index in [1.54, 1.807) is 13.0 Å². The standard InChI is InChI=1S/C9H14O/c1-4-7-8-10-9(5-2)6-3/h5,9H,2,6,8H2,1,3H3/t9-/m1/s1. The van der Waals surface area contributed by atoms with Gasteiger partial charge in [-0.2, -0.15) is 0 Å². The molecule has 0 radical (unpaired) electrons. The topological polar surface area (TPSA) is 9.23 Å². The Morgan fingerprint density at radius 1 is 1.70 bits per heavy atom. The molecule has 0 aliphatic carbocycles. The molecule has 0 fully saturated rings. The normalized spacial score (nSPS) is 11.4. The molecule has 0 amide bonds. The maximum absolute atomic E-state index is 5.29. The van der Waals surface area contributed by atoms with Crippen LogP contribution in [-0.4, -0.2) is 12.7 Å². The number of ether oxygens (including phenoxy) is 1. The molecular weight excluding hydrogens is 124 g/mol. The van der Waals surface area contributed by atoms with E-state index in [-0.39, 0.29) is 6.10 Å². The molecule has 0 rings (SSSR count). The van der Waals surface area contributed by atoms with Crippen LogP contribution in [0, 0.1) is 11.8 Å². The lowest BCUT2D eigenvalue weighted by atomic mass is 10.3. The molecule has 0 aliphatic rings. The summed E-state index contributed by atoms with van der Waals surface area (Å²) < 4.78 is 5.29. The van der Waals surface area contributed by atoms with E-state index in [0.29, 0.717) is 6.61 Å². The molecule has 0 saturated carbocycles. The van der Waals surface area contributed by atoms with E-state index in [1.165, 1.54) is 0 Å². The average molecular weight is 138 g/mol. The molecule has 1 nitrogen and oxygen atoms in total. The van der Waals surface area contributed by atoms with Gasteiger partial charge in [-0.1, -0.05) is 18.9 Å². The Balaban J connectivity index is 3.40. The van der Waals surface area contributed by atoms with Gasteiger partial charge in [0.25, 0.3) is 0 Å². The summed E-state index contributed by atoms with van der Waals surface area (Å²) >= 11 is 0. The fourth-order valence-electron chi connectivity index (χ4n) is 0.573. The summed E-state index contributed by atoms with van der Waals surface area (Å²) in [7, 11) is 0. The molecule has 0 heterocycles. The molecule has 0 unspecified atom stereocenters. The van der Waals surface area contributed by atoms with Crippen LogP contribution in [0.3, 0.4) is 0 Å². The second kappa shape index (κ2) is 6.38. The summed E-state index contributed by atoms with van der Waals surface area (Å²) in [5.41, 5.74) is 0. The molecule has 0 N–H and O–H groups in total. The zero-order valence-corrected chi connectivity index (χ0v) is 6.68. The van der Waals surface area contributed by atoms with Gasteiger partial charge in [-0.05, 0) is 13.3 Å². The summed E-state index contributed by atoms with van der Waals surface area (Å²) in [6, 6.07) is 0. The van der Waals surface area contributed by atoms with Gasteiger partial charge < -0.3 is 4.74 Å². The van der Waals surface area contributed by atoms with Crippen LogP contribution < -0.4 is 0 Å². The van der Waals surface area contributed by atoms with Gasteiger partial charge in [0.2, 0.25) is 0 Å². The summed E-state index contributed by atoms with van der Waals surface area (Å²) in [5, 5.41) is 0. The van der Waals surface area contributed by atoms with Crippen molar-refractivity contribution in [3.63, 3.8) is 0 Å². The second-order valence-corrected chi connectivity index (χ2v) is 1.92. The molecule has 0 aromatic rings. The van der Waals surface area contributed by atoms with Crippen molar-refractivity contribution in [1.29, 1.82) is 0 Å². The van der Waals surface area contributed by atoms with E-state index in [2.05, 4.69) is 25.3 Å². The molecule has 0 spiro atoms. The van der Waals surface area contributed by atoms with E-state index < -0.39 is 0 Å².